The fourth-order valence-corrected chi connectivity index (χ4v) is 2.27. The van der Waals surface area contributed by atoms with Crippen molar-refractivity contribution in [3.63, 3.8) is 0 Å². The number of oxazole rings is 1. The number of benzene rings is 1. The number of H-pyrrole nitrogens is 1. The maximum Gasteiger partial charge on any atom is 0.227 e. The van der Waals surface area contributed by atoms with Gasteiger partial charge in [0.25, 0.3) is 0 Å². The van der Waals surface area contributed by atoms with E-state index in [0.29, 0.717) is 23.4 Å². The molecule has 2 aromatic heterocycles. The van der Waals surface area contributed by atoms with Crippen molar-refractivity contribution in [2.24, 2.45) is 5.92 Å². The Balaban J connectivity index is 2.13. The van der Waals surface area contributed by atoms with Crippen LogP contribution in [0.2, 0.25) is 0 Å². The summed E-state index contributed by atoms with van der Waals surface area (Å²) in [7, 11) is 0. The summed E-state index contributed by atoms with van der Waals surface area (Å²) >= 11 is 0. The fraction of sp³-hybridized carbons (Fsp3) is 0.250. The lowest BCUT2D eigenvalue weighted by Gasteiger charge is -2.02. The molecule has 0 aliphatic carbocycles. The summed E-state index contributed by atoms with van der Waals surface area (Å²) in [4.78, 5) is 4.33. The number of hydrogen-bond donors (Lipinski definition) is 1. The third-order valence-corrected chi connectivity index (χ3v) is 3.34. The van der Waals surface area contributed by atoms with E-state index in [4.69, 9.17) is 9.68 Å². The minimum Gasteiger partial charge on any atom is -0.440 e. The molecule has 3 rings (SSSR count). The van der Waals surface area contributed by atoms with Crippen LogP contribution in [0.5, 0.6) is 0 Å². The molecule has 0 fully saturated rings. The highest BCUT2D eigenvalue weighted by atomic mass is 19.2. The molecule has 1 N–H and O–H groups in total. The number of aromatic nitrogens is 4. The Morgan fingerprint density at radius 2 is 2.04 bits per heavy atom. The normalized spacial score (nSPS) is 11.0. The smallest absolute Gasteiger partial charge is 0.227 e. The van der Waals surface area contributed by atoms with Gasteiger partial charge in [-0.2, -0.15) is 5.26 Å². The van der Waals surface area contributed by atoms with Gasteiger partial charge in [0.15, 0.2) is 23.0 Å². The zero-order valence-electron chi connectivity index (χ0n) is 13.0. The van der Waals surface area contributed by atoms with E-state index < -0.39 is 11.6 Å². The summed E-state index contributed by atoms with van der Waals surface area (Å²) in [5, 5.41) is 19.1. The lowest BCUT2D eigenvalue weighted by atomic mass is 10.1. The molecule has 0 saturated heterocycles. The maximum atomic E-state index is 13.5. The number of nitrogens with zero attached hydrogens (tertiary/aromatic N) is 4. The summed E-state index contributed by atoms with van der Waals surface area (Å²) in [6.45, 7) is 4.00. The monoisotopic (exact) mass is 329 g/mol. The molecule has 0 radical (unpaired) electrons. The van der Waals surface area contributed by atoms with Gasteiger partial charge in [0, 0.05) is 12.0 Å². The highest BCUT2D eigenvalue weighted by Crippen LogP contribution is 2.31. The fourth-order valence-electron chi connectivity index (χ4n) is 2.27. The second-order valence-electron chi connectivity index (χ2n) is 5.66. The average molecular weight is 329 g/mol. The first-order valence-corrected chi connectivity index (χ1v) is 7.26. The molecule has 6 nitrogen and oxygen atoms in total. The van der Waals surface area contributed by atoms with Gasteiger partial charge in [-0.3, -0.25) is 0 Å². The van der Waals surface area contributed by atoms with Crippen LogP contribution in [0.15, 0.2) is 22.6 Å². The second-order valence-corrected chi connectivity index (χ2v) is 5.66. The van der Waals surface area contributed by atoms with Crippen molar-refractivity contribution < 1.29 is 13.2 Å². The number of halogens is 2. The summed E-state index contributed by atoms with van der Waals surface area (Å²) in [6, 6.07) is 5.34. The third kappa shape index (κ3) is 2.88. The van der Waals surface area contributed by atoms with Crippen LogP contribution in [0.4, 0.5) is 8.78 Å². The van der Waals surface area contributed by atoms with E-state index in [2.05, 4.69) is 20.4 Å². The Hall–Kier alpha value is -3.08. The Morgan fingerprint density at radius 3 is 2.71 bits per heavy atom. The zero-order valence-corrected chi connectivity index (χ0v) is 13.0. The van der Waals surface area contributed by atoms with Gasteiger partial charge in [-0.15, -0.1) is 5.10 Å². The van der Waals surface area contributed by atoms with Crippen molar-refractivity contribution in [3.05, 3.63) is 41.3 Å². The van der Waals surface area contributed by atoms with Gasteiger partial charge in [-0.1, -0.05) is 19.1 Å². The van der Waals surface area contributed by atoms with Crippen molar-refractivity contribution >= 4 is 0 Å². The van der Waals surface area contributed by atoms with Crippen LogP contribution in [-0.4, -0.2) is 20.4 Å². The van der Waals surface area contributed by atoms with Gasteiger partial charge in [-0.05, 0) is 24.1 Å². The van der Waals surface area contributed by atoms with Crippen molar-refractivity contribution in [1.29, 1.82) is 5.26 Å². The highest BCUT2D eigenvalue weighted by Gasteiger charge is 2.22. The summed E-state index contributed by atoms with van der Waals surface area (Å²) < 4.78 is 32.3. The predicted molar refractivity (Wildman–Crippen MR) is 80.5 cm³/mol. The second kappa shape index (κ2) is 6.20. The average Bonchev–Trinajstić information content (AvgIpc) is 3.15. The van der Waals surface area contributed by atoms with Gasteiger partial charge in [-0.25, -0.2) is 18.9 Å². The first kappa shape index (κ1) is 15.8. The first-order chi connectivity index (χ1) is 11.5. The number of nitriles is 1. The molecule has 0 bridgehead atoms. The van der Waals surface area contributed by atoms with Gasteiger partial charge in [0.05, 0.1) is 0 Å². The van der Waals surface area contributed by atoms with E-state index in [0.717, 1.165) is 12.1 Å². The molecule has 1 aromatic carbocycles. The quantitative estimate of drug-likeness (QED) is 0.791. The Labute approximate surface area is 136 Å². The first-order valence-electron chi connectivity index (χ1n) is 7.26. The SMILES string of the molecule is CC(C)Cc1oc(-c2ccc(F)c(F)c2)nc1-c1nn[nH]c1C#N. The molecular formula is C16H13F2N5O. The van der Waals surface area contributed by atoms with Gasteiger partial charge in [0.2, 0.25) is 5.89 Å². The molecule has 8 heteroatoms. The third-order valence-electron chi connectivity index (χ3n) is 3.34. The molecule has 0 spiro atoms. The number of aromatic amines is 1. The molecular weight excluding hydrogens is 316 g/mol. The lowest BCUT2D eigenvalue weighted by molar-refractivity contribution is 0.478. The van der Waals surface area contributed by atoms with Crippen LogP contribution in [0.25, 0.3) is 22.8 Å². The zero-order chi connectivity index (χ0) is 17.3. The van der Waals surface area contributed by atoms with Crippen molar-refractivity contribution in [3.8, 4) is 28.9 Å². The molecule has 24 heavy (non-hydrogen) atoms. The van der Waals surface area contributed by atoms with Crippen LogP contribution in [0.3, 0.4) is 0 Å². The lowest BCUT2D eigenvalue weighted by Crippen LogP contribution is -1.95. The minimum atomic E-state index is -0.989. The van der Waals surface area contributed by atoms with Crippen LogP contribution in [0, 0.1) is 28.9 Å². The van der Waals surface area contributed by atoms with Crippen molar-refractivity contribution in [2.75, 3.05) is 0 Å². The molecule has 0 unspecified atom stereocenters. The molecule has 0 saturated carbocycles. The van der Waals surface area contributed by atoms with Crippen LogP contribution in [0.1, 0.15) is 25.3 Å². The van der Waals surface area contributed by atoms with Gasteiger partial charge in [0.1, 0.15) is 17.5 Å². The van der Waals surface area contributed by atoms with Gasteiger partial charge < -0.3 is 4.42 Å². The standard InChI is InChI=1S/C16H13F2N5O/c1-8(2)5-13-15(14-12(7-19)21-23-22-14)20-16(24-13)9-3-4-10(17)11(18)6-9/h3-4,6,8H,5H2,1-2H3,(H,21,22,23). The van der Waals surface area contributed by atoms with E-state index in [-0.39, 0.29) is 23.2 Å². The molecule has 0 amide bonds. The summed E-state index contributed by atoms with van der Waals surface area (Å²) in [5.74, 6) is -1.04. The van der Waals surface area contributed by atoms with E-state index >= 15 is 0 Å². The molecule has 0 aliphatic rings. The van der Waals surface area contributed by atoms with Crippen molar-refractivity contribution in [2.45, 2.75) is 20.3 Å². The Morgan fingerprint density at radius 1 is 1.25 bits per heavy atom. The van der Waals surface area contributed by atoms with E-state index in [1.807, 2.05) is 19.9 Å². The number of hydrogen-bond acceptors (Lipinski definition) is 5. The number of rotatable bonds is 4. The molecule has 0 atom stereocenters. The highest BCUT2D eigenvalue weighted by molar-refractivity contribution is 5.66. The van der Waals surface area contributed by atoms with Crippen LogP contribution < -0.4 is 0 Å². The van der Waals surface area contributed by atoms with E-state index in [1.165, 1.54) is 6.07 Å². The summed E-state index contributed by atoms with van der Waals surface area (Å²) in [6.07, 6.45) is 0.545. The molecule has 3 aromatic rings. The van der Waals surface area contributed by atoms with E-state index in [1.54, 1.807) is 0 Å². The Kier molecular flexibility index (Phi) is 4.08. The van der Waals surface area contributed by atoms with Gasteiger partial charge >= 0.3 is 0 Å². The predicted octanol–water partition coefficient (Wildman–Crippen LogP) is 3.48. The summed E-state index contributed by atoms with van der Waals surface area (Å²) in [5.41, 5.74) is 1.09. The van der Waals surface area contributed by atoms with Crippen molar-refractivity contribution in [1.82, 2.24) is 20.4 Å². The molecule has 2 heterocycles. The Bertz CT molecular complexity index is 923. The minimum absolute atomic E-state index is 0.131. The molecule has 0 aliphatic heterocycles. The van der Waals surface area contributed by atoms with Crippen LogP contribution >= 0.6 is 0 Å². The van der Waals surface area contributed by atoms with E-state index in [9.17, 15) is 8.78 Å². The topological polar surface area (TPSA) is 91.4 Å². The number of nitrogens with one attached hydrogen (secondary N) is 1. The molecule has 122 valence electrons. The van der Waals surface area contributed by atoms with Crippen LogP contribution in [-0.2, 0) is 6.42 Å². The largest absolute Gasteiger partial charge is 0.440 e. The maximum absolute atomic E-state index is 13.5.